The lowest BCUT2D eigenvalue weighted by Crippen LogP contribution is -2.50. The summed E-state index contributed by atoms with van der Waals surface area (Å²) in [5, 5.41) is 19.0. The van der Waals surface area contributed by atoms with Gasteiger partial charge in [0.1, 0.15) is 5.75 Å². The van der Waals surface area contributed by atoms with Crippen LogP contribution in [0.2, 0.25) is 0 Å². The third kappa shape index (κ3) is 4.43. The van der Waals surface area contributed by atoms with Gasteiger partial charge in [0.2, 0.25) is 0 Å². The highest BCUT2D eigenvalue weighted by molar-refractivity contribution is 5.89. The second-order valence-corrected chi connectivity index (χ2v) is 9.07. The van der Waals surface area contributed by atoms with Crippen molar-refractivity contribution in [2.24, 2.45) is 0 Å². The number of carbonyl (C=O) groups is 1. The van der Waals surface area contributed by atoms with Crippen LogP contribution < -0.4 is 14.5 Å². The predicted octanol–water partition coefficient (Wildman–Crippen LogP) is 4.23. The number of nitrogens with zero attached hydrogens (tertiary/aromatic N) is 3. The Balaban J connectivity index is 1.29. The summed E-state index contributed by atoms with van der Waals surface area (Å²) in [6.45, 7) is 2.04. The molecule has 1 aromatic heterocycles. The van der Waals surface area contributed by atoms with E-state index in [0.29, 0.717) is 37.6 Å². The number of aromatic carboxylic acids is 1. The molecule has 1 atom stereocenters. The van der Waals surface area contributed by atoms with Gasteiger partial charge in [0.15, 0.2) is 0 Å². The van der Waals surface area contributed by atoms with Crippen LogP contribution in [0.3, 0.4) is 0 Å². The molecular formula is C27H29N3O4. The lowest BCUT2D eigenvalue weighted by Gasteiger charge is -2.38. The van der Waals surface area contributed by atoms with Crippen molar-refractivity contribution in [1.82, 2.24) is 4.98 Å². The van der Waals surface area contributed by atoms with Gasteiger partial charge in [-0.05, 0) is 72.7 Å². The van der Waals surface area contributed by atoms with Crippen LogP contribution in [0, 0.1) is 0 Å². The predicted molar refractivity (Wildman–Crippen MR) is 132 cm³/mol. The second kappa shape index (κ2) is 9.35. The van der Waals surface area contributed by atoms with Gasteiger partial charge in [0.25, 0.3) is 0 Å². The van der Waals surface area contributed by atoms with Crippen molar-refractivity contribution < 1.29 is 19.7 Å². The normalized spacial score (nSPS) is 17.5. The Hall–Kier alpha value is -3.58. The van der Waals surface area contributed by atoms with E-state index >= 15 is 0 Å². The first-order valence-corrected chi connectivity index (χ1v) is 11.7. The molecule has 3 heterocycles. The van der Waals surface area contributed by atoms with Crippen molar-refractivity contribution in [3.63, 3.8) is 0 Å². The van der Waals surface area contributed by atoms with Gasteiger partial charge in [-0.3, -0.25) is 4.98 Å². The molecule has 2 aliphatic heterocycles. The number of β-amino-alcohol motifs (C(OH)–C–C–N with tert-alkyl or cyclic N) is 1. The summed E-state index contributed by atoms with van der Waals surface area (Å²) in [6, 6.07) is 16.3. The zero-order valence-electron chi connectivity index (χ0n) is 19.2. The number of fused-ring (bicyclic) bond motifs is 1. The topological polar surface area (TPSA) is 86.1 Å². The summed E-state index contributed by atoms with van der Waals surface area (Å²) in [5.41, 5.74) is 5.53. The third-order valence-corrected chi connectivity index (χ3v) is 6.91. The molecule has 3 aromatic rings. The minimum Gasteiger partial charge on any atom is -0.493 e. The van der Waals surface area contributed by atoms with Gasteiger partial charge in [-0.15, -0.1) is 0 Å². The number of hydrogen-bond acceptors (Lipinski definition) is 6. The number of carboxylic acids is 1. The molecule has 1 saturated heterocycles. The van der Waals surface area contributed by atoms with Crippen LogP contribution in [-0.2, 0) is 6.42 Å². The van der Waals surface area contributed by atoms with Crippen LogP contribution in [0.4, 0.5) is 17.1 Å². The Labute approximate surface area is 199 Å². The minimum absolute atomic E-state index is 0.217. The number of benzene rings is 2. The molecule has 0 unspecified atom stereocenters. The fourth-order valence-corrected chi connectivity index (χ4v) is 4.83. The van der Waals surface area contributed by atoms with E-state index in [1.54, 1.807) is 12.3 Å². The number of pyridine rings is 1. The summed E-state index contributed by atoms with van der Waals surface area (Å²) < 4.78 is 6.01. The molecule has 176 valence electrons. The average Bonchev–Trinajstić information content (AvgIpc) is 2.85. The number of aliphatic hydroxyl groups is 1. The summed E-state index contributed by atoms with van der Waals surface area (Å²) in [7, 11) is 2.04. The van der Waals surface area contributed by atoms with Gasteiger partial charge in [0.05, 0.1) is 18.3 Å². The van der Waals surface area contributed by atoms with Crippen LogP contribution >= 0.6 is 0 Å². The number of carboxylic acid groups (broad SMARTS) is 1. The Morgan fingerprint density at radius 1 is 1.15 bits per heavy atom. The van der Waals surface area contributed by atoms with Crippen LogP contribution in [0.25, 0.3) is 0 Å². The molecule has 0 radical (unpaired) electrons. The summed E-state index contributed by atoms with van der Waals surface area (Å²) in [5.74, 6) is 0.306. The molecule has 2 aromatic carbocycles. The van der Waals surface area contributed by atoms with E-state index in [2.05, 4.69) is 57.2 Å². The molecule has 5 rings (SSSR count). The van der Waals surface area contributed by atoms with Gasteiger partial charge in [-0.2, -0.15) is 0 Å². The summed E-state index contributed by atoms with van der Waals surface area (Å²) >= 11 is 0. The van der Waals surface area contributed by atoms with E-state index < -0.39 is 5.97 Å². The van der Waals surface area contributed by atoms with Gasteiger partial charge in [-0.1, -0.05) is 6.07 Å². The van der Waals surface area contributed by atoms with E-state index in [0.717, 1.165) is 41.2 Å². The zero-order valence-corrected chi connectivity index (χ0v) is 19.2. The highest BCUT2D eigenvalue weighted by Crippen LogP contribution is 2.40. The second-order valence-electron chi connectivity index (χ2n) is 9.07. The van der Waals surface area contributed by atoms with Gasteiger partial charge < -0.3 is 24.7 Å². The highest BCUT2D eigenvalue weighted by atomic mass is 16.5. The molecule has 0 spiro atoms. The first-order chi connectivity index (χ1) is 16.5. The largest absolute Gasteiger partial charge is 0.493 e. The summed E-state index contributed by atoms with van der Waals surface area (Å²) in [4.78, 5) is 19.9. The maximum Gasteiger partial charge on any atom is 0.336 e. The van der Waals surface area contributed by atoms with Crippen LogP contribution in [-0.4, -0.2) is 54.0 Å². The zero-order chi connectivity index (χ0) is 23.7. The van der Waals surface area contributed by atoms with E-state index in [4.69, 9.17) is 4.74 Å². The van der Waals surface area contributed by atoms with E-state index in [-0.39, 0.29) is 6.10 Å². The summed E-state index contributed by atoms with van der Waals surface area (Å²) in [6.07, 6.45) is 5.41. The first kappa shape index (κ1) is 22.2. The van der Waals surface area contributed by atoms with Crippen molar-refractivity contribution in [3.8, 4) is 5.75 Å². The molecule has 0 aliphatic carbocycles. The quantitative estimate of drug-likeness (QED) is 0.547. The fourth-order valence-electron chi connectivity index (χ4n) is 4.83. The molecular weight excluding hydrogens is 430 g/mol. The molecule has 0 saturated carbocycles. The van der Waals surface area contributed by atoms with Crippen molar-refractivity contribution >= 4 is 23.0 Å². The highest BCUT2D eigenvalue weighted by Gasteiger charge is 2.25. The van der Waals surface area contributed by atoms with Gasteiger partial charge >= 0.3 is 5.97 Å². The average molecular weight is 460 g/mol. The van der Waals surface area contributed by atoms with E-state index in [1.807, 2.05) is 7.05 Å². The first-order valence-electron chi connectivity index (χ1n) is 11.7. The molecule has 7 nitrogen and oxygen atoms in total. The minimum atomic E-state index is -0.909. The van der Waals surface area contributed by atoms with Crippen LogP contribution in [0.1, 0.15) is 40.2 Å². The number of ether oxygens (including phenoxy) is 1. The maximum absolute atomic E-state index is 11.5. The Morgan fingerprint density at radius 3 is 2.65 bits per heavy atom. The molecule has 2 aliphatic rings. The number of anilines is 3. The smallest absolute Gasteiger partial charge is 0.336 e. The van der Waals surface area contributed by atoms with Crippen molar-refractivity contribution in [2.45, 2.75) is 31.3 Å². The van der Waals surface area contributed by atoms with Crippen molar-refractivity contribution in [1.29, 1.82) is 0 Å². The Kier molecular flexibility index (Phi) is 6.11. The molecule has 1 fully saturated rings. The number of hydrogen-bond donors (Lipinski definition) is 2. The maximum atomic E-state index is 11.5. The third-order valence-electron chi connectivity index (χ3n) is 6.91. The molecule has 0 bridgehead atoms. The SMILES string of the molecule is CN(c1ccc(N2CC(O)C2)cc1)c1ccc2c(c1)OCC[C@H]2CCc1cnccc1C(=O)O. The monoisotopic (exact) mass is 459 g/mol. The van der Waals surface area contributed by atoms with Gasteiger partial charge in [0, 0.05) is 55.7 Å². The van der Waals surface area contributed by atoms with Gasteiger partial charge in [-0.25, -0.2) is 4.79 Å². The Morgan fingerprint density at radius 2 is 1.91 bits per heavy atom. The molecule has 7 heteroatoms. The van der Waals surface area contributed by atoms with Crippen LogP contribution in [0.15, 0.2) is 60.9 Å². The lowest BCUT2D eigenvalue weighted by molar-refractivity contribution is 0.0695. The van der Waals surface area contributed by atoms with Crippen molar-refractivity contribution in [2.75, 3.05) is 36.5 Å². The standard InChI is InChI=1S/C27H29N3O4/c1-29(20-4-6-21(7-5-20)30-16-23(31)17-30)22-8-9-24-18(11-13-34-26(24)14-22)2-3-19-15-28-12-10-25(19)27(32)33/h4-10,12,14-15,18,23,31H,2-3,11,13,16-17H2,1H3,(H,32,33)/t18-/m1/s1. The molecule has 34 heavy (non-hydrogen) atoms. The van der Waals surface area contributed by atoms with Crippen molar-refractivity contribution in [3.05, 3.63) is 77.6 Å². The number of aryl methyl sites for hydroxylation is 1. The van der Waals surface area contributed by atoms with E-state index in [1.165, 1.54) is 11.8 Å². The lowest BCUT2D eigenvalue weighted by atomic mass is 9.87. The van der Waals surface area contributed by atoms with Crippen LogP contribution in [0.5, 0.6) is 5.75 Å². The number of aliphatic hydroxyl groups excluding tert-OH is 1. The van der Waals surface area contributed by atoms with E-state index in [9.17, 15) is 15.0 Å². The number of aromatic nitrogens is 1. The molecule has 0 amide bonds. The number of rotatable bonds is 7. The Bertz CT molecular complexity index is 1170. The molecule has 2 N–H and O–H groups in total. The fraction of sp³-hybridized carbons (Fsp3) is 0.333.